The highest BCUT2D eigenvalue weighted by atomic mass is 16.5. The monoisotopic (exact) mass is 208 g/mol. The van der Waals surface area contributed by atoms with Crippen LogP contribution in [-0.2, 0) is 11.3 Å². The summed E-state index contributed by atoms with van der Waals surface area (Å²) in [4.78, 5) is 12.5. The first kappa shape index (κ1) is 11.5. The maximum absolute atomic E-state index is 10.7. The van der Waals surface area contributed by atoms with Crippen LogP contribution in [0.1, 0.15) is 5.56 Å². The zero-order valence-corrected chi connectivity index (χ0v) is 9.06. The summed E-state index contributed by atoms with van der Waals surface area (Å²) in [6.07, 6.45) is 0. The maximum atomic E-state index is 10.7. The lowest BCUT2D eigenvalue weighted by Crippen LogP contribution is -2.30. The van der Waals surface area contributed by atoms with Crippen LogP contribution in [0.5, 0.6) is 5.75 Å². The molecule has 0 bridgehead atoms. The Labute approximate surface area is 89.6 Å². The molecular formula is C11H16N2O2. The third-order valence-electron chi connectivity index (χ3n) is 2.01. The number of primary amides is 1. The topological polar surface area (TPSA) is 55.6 Å². The summed E-state index contributed by atoms with van der Waals surface area (Å²) < 4.78 is 5.11. The van der Waals surface area contributed by atoms with E-state index in [0.717, 1.165) is 11.3 Å². The van der Waals surface area contributed by atoms with Gasteiger partial charge in [-0.05, 0) is 24.7 Å². The standard InChI is InChI=1S/C11H16N2O2/c1-13(8-11(12)14)7-9-4-3-5-10(6-9)15-2/h3-6H,7-8H2,1-2H3,(H2,12,14). The van der Waals surface area contributed by atoms with Crippen LogP contribution in [0, 0.1) is 0 Å². The van der Waals surface area contributed by atoms with Crippen LogP contribution in [0.25, 0.3) is 0 Å². The zero-order valence-electron chi connectivity index (χ0n) is 9.06. The first-order valence-electron chi connectivity index (χ1n) is 4.71. The summed E-state index contributed by atoms with van der Waals surface area (Å²) in [5, 5.41) is 0. The highest BCUT2D eigenvalue weighted by Crippen LogP contribution is 2.13. The van der Waals surface area contributed by atoms with Gasteiger partial charge in [0.15, 0.2) is 0 Å². The number of benzene rings is 1. The van der Waals surface area contributed by atoms with E-state index in [1.807, 2.05) is 36.2 Å². The molecule has 1 rings (SSSR count). The summed E-state index contributed by atoms with van der Waals surface area (Å²) in [6.45, 7) is 0.942. The number of hydrogen-bond donors (Lipinski definition) is 1. The molecule has 15 heavy (non-hydrogen) atoms. The lowest BCUT2D eigenvalue weighted by molar-refractivity contribution is -0.118. The Morgan fingerprint density at radius 1 is 1.53 bits per heavy atom. The van der Waals surface area contributed by atoms with Crippen LogP contribution < -0.4 is 10.5 Å². The molecule has 0 saturated heterocycles. The minimum absolute atomic E-state index is 0.261. The Kier molecular flexibility index (Phi) is 4.12. The van der Waals surface area contributed by atoms with E-state index in [0.29, 0.717) is 6.54 Å². The van der Waals surface area contributed by atoms with Crippen LogP contribution in [0.2, 0.25) is 0 Å². The molecule has 0 aliphatic carbocycles. The SMILES string of the molecule is COc1cccc(CN(C)CC(N)=O)c1. The van der Waals surface area contributed by atoms with Crippen molar-refractivity contribution in [3.63, 3.8) is 0 Å². The van der Waals surface area contributed by atoms with Crippen molar-refractivity contribution in [2.75, 3.05) is 20.7 Å². The van der Waals surface area contributed by atoms with Gasteiger partial charge >= 0.3 is 0 Å². The molecule has 2 N–H and O–H groups in total. The van der Waals surface area contributed by atoms with Crippen molar-refractivity contribution in [2.45, 2.75) is 6.54 Å². The minimum Gasteiger partial charge on any atom is -0.497 e. The molecule has 4 nitrogen and oxygen atoms in total. The van der Waals surface area contributed by atoms with Gasteiger partial charge in [-0.3, -0.25) is 9.69 Å². The van der Waals surface area contributed by atoms with Gasteiger partial charge in [-0.25, -0.2) is 0 Å². The Morgan fingerprint density at radius 3 is 2.87 bits per heavy atom. The van der Waals surface area contributed by atoms with E-state index in [1.54, 1.807) is 7.11 Å². The fourth-order valence-electron chi connectivity index (χ4n) is 1.40. The number of carbonyl (C=O) groups is 1. The van der Waals surface area contributed by atoms with Crippen molar-refractivity contribution < 1.29 is 9.53 Å². The molecule has 4 heteroatoms. The molecule has 0 aliphatic rings. The molecule has 0 radical (unpaired) electrons. The van der Waals surface area contributed by atoms with Crippen LogP contribution in [0.4, 0.5) is 0 Å². The van der Waals surface area contributed by atoms with Crippen molar-refractivity contribution in [1.29, 1.82) is 0 Å². The number of methoxy groups -OCH3 is 1. The lowest BCUT2D eigenvalue weighted by Gasteiger charge is -2.14. The molecule has 1 aromatic rings. The van der Waals surface area contributed by atoms with E-state index >= 15 is 0 Å². The van der Waals surface area contributed by atoms with E-state index in [4.69, 9.17) is 10.5 Å². The second-order valence-electron chi connectivity index (χ2n) is 3.49. The van der Waals surface area contributed by atoms with Crippen LogP contribution >= 0.6 is 0 Å². The highest BCUT2D eigenvalue weighted by molar-refractivity contribution is 5.75. The zero-order chi connectivity index (χ0) is 11.3. The van der Waals surface area contributed by atoms with E-state index in [9.17, 15) is 4.79 Å². The molecule has 82 valence electrons. The number of rotatable bonds is 5. The third kappa shape index (κ3) is 3.99. The van der Waals surface area contributed by atoms with Gasteiger partial charge in [0.25, 0.3) is 0 Å². The molecular weight excluding hydrogens is 192 g/mol. The maximum Gasteiger partial charge on any atom is 0.231 e. The quantitative estimate of drug-likeness (QED) is 0.771. The summed E-state index contributed by atoms with van der Waals surface area (Å²) in [6, 6.07) is 7.74. The number of carbonyl (C=O) groups excluding carboxylic acids is 1. The molecule has 0 atom stereocenters. The molecule has 0 saturated carbocycles. The smallest absolute Gasteiger partial charge is 0.231 e. The molecule has 0 spiro atoms. The molecule has 0 heterocycles. The van der Waals surface area contributed by atoms with Gasteiger partial charge in [-0.1, -0.05) is 12.1 Å². The minimum atomic E-state index is -0.319. The van der Waals surface area contributed by atoms with Gasteiger partial charge in [0.1, 0.15) is 5.75 Å². The number of likely N-dealkylation sites (N-methyl/N-ethyl adjacent to an activating group) is 1. The van der Waals surface area contributed by atoms with Gasteiger partial charge in [0.05, 0.1) is 13.7 Å². The normalized spacial score (nSPS) is 10.3. The molecule has 0 unspecified atom stereocenters. The molecule has 0 aliphatic heterocycles. The fourth-order valence-corrected chi connectivity index (χ4v) is 1.40. The van der Waals surface area contributed by atoms with Gasteiger partial charge in [0.2, 0.25) is 5.91 Å². The summed E-state index contributed by atoms with van der Waals surface area (Å²) in [5.41, 5.74) is 6.19. The van der Waals surface area contributed by atoms with Gasteiger partial charge in [0, 0.05) is 6.54 Å². The average molecular weight is 208 g/mol. The Balaban J connectivity index is 2.59. The first-order chi connectivity index (χ1) is 7.11. The van der Waals surface area contributed by atoms with Gasteiger partial charge in [-0.2, -0.15) is 0 Å². The predicted molar refractivity (Wildman–Crippen MR) is 58.5 cm³/mol. The molecule has 0 fully saturated rings. The average Bonchev–Trinajstić information content (AvgIpc) is 2.16. The molecule has 1 amide bonds. The number of nitrogens with zero attached hydrogens (tertiary/aromatic N) is 1. The largest absolute Gasteiger partial charge is 0.497 e. The number of nitrogens with two attached hydrogens (primary N) is 1. The third-order valence-corrected chi connectivity index (χ3v) is 2.01. The Bertz CT molecular complexity index is 339. The predicted octanol–water partition coefficient (Wildman–Crippen LogP) is 0.612. The summed E-state index contributed by atoms with van der Waals surface area (Å²) in [5.74, 6) is 0.500. The van der Waals surface area contributed by atoms with E-state index < -0.39 is 0 Å². The van der Waals surface area contributed by atoms with Crippen molar-refractivity contribution >= 4 is 5.91 Å². The number of ether oxygens (including phenoxy) is 1. The summed E-state index contributed by atoms with van der Waals surface area (Å²) >= 11 is 0. The van der Waals surface area contributed by atoms with Crippen LogP contribution in [-0.4, -0.2) is 31.5 Å². The van der Waals surface area contributed by atoms with E-state index in [1.165, 1.54) is 0 Å². The van der Waals surface area contributed by atoms with E-state index in [-0.39, 0.29) is 12.5 Å². The number of amides is 1. The van der Waals surface area contributed by atoms with Crippen molar-refractivity contribution in [3.05, 3.63) is 29.8 Å². The van der Waals surface area contributed by atoms with Gasteiger partial charge < -0.3 is 10.5 Å². The lowest BCUT2D eigenvalue weighted by atomic mass is 10.2. The van der Waals surface area contributed by atoms with Crippen LogP contribution in [0.3, 0.4) is 0 Å². The van der Waals surface area contributed by atoms with Gasteiger partial charge in [-0.15, -0.1) is 0 Å². The van der Waals surface area contributed by atoms with Crippen molar-refractivity contribution in [3.8, 4) is 5.75 Å². The van der Waals surface area contributed by atoms with Crippen molar-refractivity contribution in [2.24, 2.45) is 5.73 Å². The molecule has 0 aromatic heterocycles. The van der Waals surface area contributed by atoms with E-state index in [2.05, 4.69) is 0 Å². The second kappa shape index (κ2) is 5.36. The Morgan fingerprint density at radius 2 is 2.27 bits per heavy atom. The second-order valence-corrected chi connectivity index (χ2v) is 3.49. The Hall–Kier alpha value is -1.55. The number of hydrogen-bond acceptors (Lipinski definition) is 3. The fraction of sp³-hybridized carbons (Fsp3) is 0.364. The summed E-state index contributed by atoms with van der Waals surface area (Å²) in [7, 11) is 3.48. The van der Waals surface area contributed by atoms with Crippen molar-refractivity contribution in [1.82, 2.24) is 4.90 Å². The molecule has 1 aromatic carbocycles. The highest BCUT2D eigenvalue weighted by Gasteiger charge is 2.04. The first-order valence-corrected chi connectivity index (χ1v) is 4.71. The van der Waals surface area contributed by atoms with Crippen LogP contribution in [0.15, 0.2) is 24.3 Å².